The maximum absolute atomic E-state index is 14.4. The molecule has 2 heterocycles. The molecule has 3 aromatic rings. The van der Waals surface area contributed by atoms with Crippen LogP contribution in [-0.2, 0) is 6.18 Å². The van der Waals surface area contributed by atoms with Gasteiger partial charge in [-0.05, 0) is 43.9 Å². The monoisotopic (exact) mass is 439 g/mol. The highest BCUT2D eigenvalue weighted by molar-refractivity contribution is 5.94. The molecule has 0 radical (unpaired) electrons. The fourth-order valence-corrected chi connectivity index (χ4v) is 3.54. The van der Waals surface area contributed by atoms with E-state index in [1.54, 1.807) is 0 Å². The predicted octanol–water partition coefficient (Wildman–Crippen LogP) is 5.74. The molecule has 0 aliphatic heterocycles. The van der Waals surface area contributed by atoms with Gasteiger partial charge in [0.15, 0.2) is 0 Å². The lowest BCUT2D eigenvalue weighted by molar-refractivity contribution is -0.139. The Balaban J connectivity index is 2.01. The van der Waals surface area contributed by atoms with E-state index in [1.807, 2.05) is 20.8 Å². The van der Waals surface area contributed by atoms with Gasteiger partial charge in [0.1, 0.15) is 17.2 Å². The average molecular weight is 439 g/mol. The highest BCUT2D eigenvalue weighted by Gasteiger charge is 2.36. The lowest BCUT2D eigenvalue weighted by Gasteiger charge is -2.23. The summed E-state index contributed by atoms with van der Waals surface area (Å²) in [5.74, 6) is -2.43. The molecule has 0 fully saturated rings. The number of ether oxygens (including phenoxy) is 1. The Morgan fingerprint density at radius 2 is 1.81 bits per heavy atom. The van der Waals surface area contributed by atoms with Crippen LogP contribution < -0.4 is 10.5 Å². The zero-order valence-electron chi connectivity index (χ0n) is 17.2. The Hall–Kier alpha value is -2.81. The molecule has 0 spiro atoms. The number of hydrogen-bond acceptors (Lipinski definition) is 4. The van der Waals surface area contributed by atoms with Crippen LogP contribution in [-0.4, -0.2) is 22.1 Å². The molecule has 0 saturated carbocycles. The van der Waals surface area contributed by atoms with Crippen molar-refractivity contribution in [2.24, 2.45) is 11.7 Å². The van der Waals surface area contributed by atoms with Gasteiger partial charge < -0.3 is 10.5 Å². The van der Waals surface area contributed by atoms with Crippen molar-refractivity contribution in [2.45, 2.75) is 38.9 Å². The summed E-state index contributed by atoms with van der Waals surface area (Å²) < 4.78 is 74.4. The highest BCUT2D eigenvalue weighted by atomic mass is 19.4. The summed E-state index contributed by atoms with van der Waals surface area (Å²) >= 11 is 0. The number of aromatic nitrogens is 2. The number of alkyl halides is 3. The van der Waals surface area contributed by atoms with Crippen LogP contribution in [0.1, 0.15) is 32.8 Å². The molecule has 1 atom stereocenters. The van der Waals surface area contributed by atoms with E-state index in [0.29, 0.717) is 12.5 Å². The van der Waals surface area contributed by atoms with Crippen LogP contribution in [0, 0.1) is 17.6 Å². The topological polar surface area (TPSA) is 61.0 Å². The maximum atomic E-state index is 14.4. The Bertz CT molecular complexity index is 1090. The third-order valence-electron chi connectivity index (χ3n) is 4.61. The van der Waals surface area contributed by atoms with E-state index in [9.17, 15) is 22.0 Å². The number of nitrogens with two attached hydrogens (primary N) is 1. The van der Waals surface area contributed by atoms with Gasteiger partial charge in [-0.2, -0.15) is 13.2 Å². The van der Waals surface area contributed by atoms with Crippen LogP contribution >= 0.6 is 0 Å². The second-order valence-electron chi connectivity index (χ2n) is 8.32. The lowest BCUT2D eigenvalue weighted by Crippen LogP contribution is -2.35. The minimum atomic E-state index is -4.75. The van der Waals surface area contributed by atoms with Gasteiger partial charge >= 0.3 is 6.18 Å². The molecule has 0 aliphatic rings. The first-order valence-electron chi connectivity index (χ1n) is 9.58. The molecule has 0 bridgehead atoms. The zero-order chi connectivity index (χ0) is 23.0. The standard InChI is InChI=1S/C22H22F5N3O/c1-12(9-21(2,3)28)11-31-20-16(22(25,26)27)6-13(10-30-20)15-4-5-29-18-8-14(23)7-17(24)19(15)18/h4-8,10,12H,9,11,28H2,1-3H3. The maximum Gasteiger partial charge on any atom is 0.421 e. The number of halogens is 5. The molecule has 0 aliphatic carbocycles. The minimum Gasteiger partial charge on any atom is -0.477 e. The van der Waals surface area contributed by atoms with E-state index >= 15 is 0 Å². The Morgan fingerprint density at radius 1 is 1.10 bits per heavy atom. The molecule has 1 unspecified atom stereocenters. The van der Waals surface area contributed by atoms with Gasteiger partial charge in [-0.1, -0.05) is 6.92 Å². The summed E-state index contributed by atoms with van der Waals surface area (Å²) in [6.07, 6.45) is -1.77. The van der Waals surface area contributed by atoms with Gasteiger partial charge in [-0.25, -0.2) is 13.8 Å². The van der Waals surface area contributed by atoms with Crippen molar-refractivity contribution < 1.29 is 26.7 Å². The molecule has 4 nitrogen and oxygen atoms in total. The van der Waals surface area contributed by atoms with Crippen LogP contribution in [0.4, 0.5) is 22.0 Å². The summed E-state index contributed by atoms with van der Waals surface area (Å²) in [6.45, 7) is 5.47. The van der Waals surface area contributed by atoms with Gasteiger partial charge in [0.25, 0.3) is 0 Å². The average Bonchev–Trinajstić information content (AvgIpc) is 2.63. The molecule has 0 amide bonds. The fraction of sp³-hybridized carbons (Fsp3) is 0.364. The molecule has 166 valence electrons. The number of rotatable bonds is 6. The number of pyridine rings is 2. The van der Waals surface area contributed by atoms with Crippen LogP contribution in [0.15, 0.2) is 36.7 Å². The van der Waals surface area contributed by atoms with Crippen molar-refractivity contribution >= 4 is 10.9 Å². The summed E-state index contributed by atoms with van der Waals surface area (Å²) in [6, 6.07) is 3.87. The first-order valence-corrected chi connectivity index (χ1v) is 9.58. The smallest absolute Gasteiger partial charge is 0.421 e. The third-order valence-corrected chi connectivity index (χ3v) is 4.61. The van der Waals surface area contributed by atoms with E-state index in [-0.39, 0.29) is 34.6 Å². The second-order valence-corrected chi connectivity index (χ2v) is 8.32. The zero-order valence-corrected chi connectivity index (χ0v) is 17.2. The van der Waals surface area contributed by atoms with Gasteiger partial charge in [-0.3, -0.25) is 4.98 Å². The molecule has 9 heteroatoms. The molecule has 3 rings (SSSR count). The van der Waals surface area contributed by atoms with E-state index in [0.717, 1.165) is 12.1 Å². The number of benzene rings is 1. The van der Waals surface area contributed by atoms with Crippen molar-refractivity contribution in [3.63, 3.8) is 0 Å². The van der Waals surface area contributed by atoms with Gasteiger partial charge in [0.05, 0.1) is 12.1 Å². The number of fused-ring (bicyclic) bond motifs is 1. The van der Waals surface area contributed by atoms with Crippen LogP contribution in [0.3, 0.4) is 0 Å². The van der Waals surface area contributed by atoms with Gasteiger partial charge in [-0.15, -0.1) is 0 Å². The van der Waals surface area contributed by atoms with E-state index in [4.69, 9.17) is 10.5 Å². The summed E-state index contributed by atoms with van der Waals surface area (Å²) in [4.78, 5) is 7.75. The first-order chi connectivity index (χ1) is 14.3. The normalized spacial score (nSPS) is 13.5. The van der Waals surface area contributed by atoms with Crippen molar-refractivity contribution in [1.82, 2.24) is 9.97 Å². The first kappa shape index (κ1) is 22.9. The van der Waals surface area contributed by atoms with Crippen molar-refractivity contribution in [3.8, 4) is 17.0 Å². The van der Waals surface area contributed by atoms with Crippen molar-refractivity contribution in [2.75, 3.05) is 6.61 Å². The summed E-state index contributed by atoms with van der Waals surface area (Å²) in [5, 5.41) is -0.0914. The van der Waals surface area contributed by atoms with Gasteiger partial charge in [0.2, 0.25) is 5.88 Å². The largest absolute Gasteiger partial charge is 0.477 e. The van der Waals surface area contributed by atoms with Gasteiger partial charge in [0, 0.05) is 41.0 Å². The third kappa shape index (κ3) is 5.46. The predicted molar refractivity (Wildman–Crippen MR) is 107 cm³/mol. The van der Waals surface area contributed by atoms with E-state index in [2.05, 4.69) is 9.97 Å². The lowest BCUT2D eigenvalue weighted by atomic mass is 9.93. The quantitative estimate of drug-likeness (QED) is 0.498. The van der Waals surface area contributed by atoms with Crippen LogP contribution in [0.2, 0.25) is 0 Å². The molecular formula is C22H22F5N3O. The minimum absolute atomic E-state index is 0.00213. The van der Waals surface area contributed by atoms with Crippen molar-refractivity contribution in [3.05, 3.63) is 53.9 Å². The molecule has 2 N–H and O–H groups in total. The summed E-state index contributed by atoms with van der Waals surface area (Å²) in [7, 11) is 0. The Kier molecular flexibility index (Phi) is 6.18. The molecule has 0 saturated heterocycles. The van der Waals surface area contributed by atoms with E-state index < -0.39 is 34.8 Å². The van der Waals surface area contributed by atoms with Crippen molar-refractivity contribution in [1.29, 1.82) is 0 Å². The molecule has 1 aromatic carbocycles. The summed E-state index contributed by atoms with van der Waals surface area (Å²) in [5.41, 5.74) is 4.48. The highest BCUT2D eigenvalue weighted by Crippen LogP contribution is 2.39. The molecular weight excluding hydrogens is 417 g/mol. The Labute approximate surface area is 176 Å². The Morgan fingerprint density at radius 3 is 2.45 bits per heavy atom. The van der Waals surface area contributed by atoms with E-state index in [1.165, 1.54) is 18.5 Å². The molecule has 2 aromatic heterocycles. The fourth-order valence-electron chi connectivity index (χ4n) is 3.54. The second kappa shape index (κ2) is 8.37. The number of nitrogens with zero attached hydrogens (tertiary/aromatic N) is 2. The number of hydrogen-bond donors (Lipinski definition) is 1. The van der Waals surface area contributed by atoms with Crippen LogP contribution in [0.5, 0.6) is 5.88 Å². The SMILES string of the molecule is CC(COc1ncc(-c2ccnc3cc(F)cc(F)c23)cc1C(F)(F)F)CC(C)(C)N. The molecule has 31 heavy (non-hydrogen) atoms. The van der Waals surface area contributed by atoms with Crippen LogP contribution in [0.25, 0.3) is 22.0 Å².